The van der Waals surface area contributed by atoms with E-state index < -0.39 is 15.2 Å². The largest absolute Gasteiger partial charge is 0.515 e. The van der Waals surface area contributed by atoms with Gasteiger partial charge in [0.25, 0.3) is 0 Å². The lowest BCUT2D eigenvalue weighted by Gasteiger charge is -2.39. The predicted octanol–water partition coefficient (Wildman–Crippen LogP) is 2.77. The molecule has 1 aromatic heterocycles. The van der Waals surface area contributed by atoms with Crippen LogP contribution in [0.5, 0.6) is 0 Å². The number of carbonyl (C=O) groups is 1. The van der Waals surface area contributed by atoms with Crippen molar-refractivity contribution < 1.29 is 18.3 Å². The molecule has 3 atom stereocenters. The predicted molar refractivity (Wildman–Crippen MR) is 85.0 cm³/mol. The average Bonchev–Trinajstić information content (AvgIpc) is 3.06. The SMILES string of the molecule is CC1CC(=O)/C(=C\O)C2CCC(S(=O)(=O)c3ccc(Cl)s3)N12. The quantitative estimate of drug-likeness (QED) is 0.647. The summed E-state index contributed by atoms with van der Waals surface area (Å²) in [5, 5.41) is 8.65. The maximum absolute atomic E-state index is 12.9. The van der Waals surface area contributed by atoms with E-state index in [1.165, 1.54) is 6.07 Å². The van der Waals surface area contributed by atoms with Crippen LogP contribution >= 0.6 is 22.9 Å². The second kappa shape index (κ2) is 5.63. The van der Waals surface area contributed by atoms with Gasteiger partial charge in [0.15, 0.2) is 5.78 Å². The molecule has 1 aromatic rings. The highest BCUT2D eigenvalue weighted by molar-refractivity contribution is 7.94. The van der Waals surface area contributed by atoms with Crippen LogP contribution < -0.4 is 0 Å². The summed E-state index contributed by atoms with van der Waals surface area (Å²) in [5.41, 5.74) is 0.319. The normalized spacial score (nSPS) is 31.6. The van der Waals surface area contributed by atoms with Gasteiger partial charge in [0.2, 0.25) is 9.84 Å². The Morgan fingerprint density at radius 2 is 2.14 bits per heavy atom. The number of aliphatic hydroxyl groups is 1. The smallest absolute Gasteiger partial charge is 0.203 e. The van der Waals surface area contributed by atoms with Gasteiger partial charge in [-0.15, -0.1) is 11.3 Å². The third-order valence-corrected chi connectivity index (χ3v) is 8.24. The maximum Gasteiger partial charge on any atom is 0.203 e. The van der Waals surface area contributed by atoms with Gasteiger partial charge in [0.05, 0.1) is 10.6 Å². The minimum atomic E-state index is -3.53. The van der Waals surface area contributed by atoms with Crippen molar-refractivity contribution in [2.75, 3.05) is 0 Å². The van der Waals surface area contributed by atoms with Crippen molar-refractivity contribution in [1.82, 2.24) is 4.90 Å². The van der Waals surface area contributed by atoms with Crippen LogP contribution in [-0.4, -0.2) is 41.7 Å². The Bertz CT molecular complexity index is 740. The molecular formula is C14H16ClNO4S2. The fraction of sp³-hybridized carbons (Fsp3) is 0.500. The Kier molecular flexibility index (Phi) is 4.09. The number of nitrogens with zero attached hydrogens (tertiary/aromatic N) is 1. The highest BCUT2D eigenvalue weighted by Crippen LogP contribution is 2.41. The lowest BCUT2D eigenvalue weighted by atomic mass is 9.91. The Labute approximate surface area is 138 Å². The third-order valence-electron chi connectivity index (χ3n) is 4.38. The minimum absolute atomic E-state index is 0.103. The second-order valence-electron chi connectivity index (χ2n) is 5.66. The van der Waals surface area contributed by atoms with Gasteiger partial charge in [0, 0.05) is 24.1 Å². The van der Waals surface area contributed by atoms with Crippen molar-refractivity contribution in [1.29, 1.82) is 0 Å². The first-order valence-corrected chi connectivity index (χ1v) is 9.74. The molecule has 1 N–H and O–H groups in total. The molecule has 22 heavy (non-hydrogen) atoms. The van der Waals surface area contributed by atoms with Crippen LogP contribution in [0.15, 0.2) is 28.2 Å². The van der Waals surface area contributed by atoms with Crippen molar-refractivity contribution in [2.24, 2.45) is 0 Å². The summed E-state index contributed by atoms with van der Waals surface area (Å²) in [6.45, 7) is 1.86. The van der Waals surface area contributed by atoms with E-state index in [1.807, 2.05) is 11.8 Å². The summed E-state index contributed by atoms with van der Waals surface area (Å²) in [4.78, 5) is 13.8. The van der Waals surface area contributed by atoms with Crippen molar-refractivity contribution in [3.05, 3.63) is 28.3 Å². The molecule has 0 saturated carbocycles. The number of aliphatic hydroxyl groups excluding tert-OH is 1. The molecule has 3 heterocycles. The number of ketones is 1. The Hall–Kier alpha value is -0.890. The van der Waals surface area contributed by atoms with Gasteiger partial charge >= 0.3 is 0 Å². The summed E-state index contributed by atoms with van der Waals surface area (Å²) in [5.74, 6) is -0.103. The molecule has 0 bridgehead atoms. The van der Waals surface area contributed by atoms with Crippen molar-refractivity contribution >= 4 is 38.6 Å². The van der Waals surface area contributed by atoms with Crippen LogP contribution in [0.3, 0.4) is 0 Å². The van der Waals surface area contributed by atoms with Gasteiger partial charge in [0.1, 0.15) is 9.58 Å². The molecule has 3 unspecified atom stereocenters. The standard InChI is InChI=1S/C14H16ClNO4S2/c1-8-6-11(18)9(7-17)10-2-4-13(16(8)10)22(19,20)14-5-3-12(15)21-14/h3,5,7-8,10,13,17H,2,4,6H2,1H3/b9-7-. The molecule has 2 aliphatic rings. The molecule has 8 heteroatoms. The lowest BCUT2D eigenvalue weighted by Crippen LogP contribution is -2.51. The number of hydrogen-bond acceptors (Lipinski definition) is 6. The first-order valence-electron chi connectivity index (χ1n) is 7.00. The number of fused-ring (bicyclic) bond motifs is 1. The van der Waals surface area contributed by atoms with Crippen LogP contribution in [-0.2, 0) is 14.6 Å². The molecule has 0 amide bonds. The first kappa shape index (κ1) is 16.0. The number of hydrogen-bond donors (Lipinski definition) is 1. The van der Waals surface area contributed by atoms with E-state index in [-0.39, 0.29) is 28.5 Å². The molecule has 0 aromatic carbocycles. The molecule has 2 saturated heterocycles. The number of sulfone groups is 1. The number of Topliss-reactive ketones (excluding diaryl/α,β-unsaturated/α-hetero) is 1. The van der Waals surface area contributed by atoms with Crippen molar-refractivity contribution in [3.8, 4) is 0 Å². The zero-order chi connectivity index (χ0) is 16.1. The lowest BCUT2D eigenvalue weighted by molar-refractivity contribution is -0.119. The van der Waals surface area contributed by atoms with Crippen molar-refractivity contribution in [2.45, 2.75) is 47.9 Å². The number of halogens is 1. The van der Waals surface area contributed by atoms with Gasteiger partial charge in [-0.2, -0.15) is 0 Å². The zero-order valence-corrected chi connectivity index (χ0v) is 14.3. The van der Waals surface area contributed by atoms with Gasteiger partial charge in [-0.1, -0.05) is 11.6 Å². The van der Waals surface area contributed by atoms with Gasteiger partial charge in [-0.25, -0.2) is 8.42 Å². The highest BCUT2D eigenvalue weighted by atomic mass is 35.5. The monoisotopic (exact) mass is 361 g/mol. The highest BCUT2D eigenvalue weighted by Gasteiger charge is 2.49. The summed E-state index contributed by atoms with van der Waals surface area (Å²) in [6, 6.07) is 2.61. The van der Waals surface area contributed by atoms with Gasteiger partial charge in [-0.3, -0.25) is 9.69 Å². The van der Waals surface area contributed by atoms with Crippen molar-refractivity contribution in [3.63, 3.8) is 0 Å². The van der Waals surface area contributed by atoms with Crippen LogP contribution in [0.25, 0.3) is 0 Å². The fourth-order valence-electron chi connectivity index (χ4n) is 3.44. The van der Waals surface area contributed by atoms with Gasteiger partial charge < -0.3 is 5.11 Å². The Morgan fingerprint density at radius 3 is 2.73 bits per heavy atom. The van der Waals surface area contributed by atoms with E-state index in [1.54, 1.807) is 6.07 Å². The topological polar surface area (TPSA) is 74.7 Å². The van der Waals surface area contributed by atoms with E-state index in [0.29, 0.717) is 22.8 Å². The molecule has 120 valence electrons. The fourth-order valence-corrected chi connectivity index (χ4v) is 7.07. The molecule has 0 aliphatic carbocycles. The molecule has 5 nitrogen and oxygen atoms in total. The number of carbonyl (C=O) groups excluding carboxylic acids is 1. The molecule has 0 radical (unpaired) electrons. The molecule has 3 rings (SSSR count). The summed E-state index contributed by atoms with van der Waals surface area (Å²) < 4.78 is 26.4. The Balaban J connectivity index is 1.99. The average molecular weight is 362 g/mol. The molecular weight excluding hydrogens is 346 g/mol. The zero-order valence-electron chi connectivity index (χ0n) is 11.9. The molecule has 2 fully saturated rings. The van der Waals surface area contributed by atoms with E-state index >= 15 is 0 Å². The van der Waals surface area contributed by atoms with E-state index in [2.05, 4.69) is 0 Å². The van der Waals surface area contributed by atoms with Crippen LogP contribution in [0, 0.1) is 0 Å². The van der Waals surface area contributed by atoms with Crippen LogP contribution in [0.2, 0.25) is 4.34 Å². The Morgan fingerprint density at radius 1 is 1.41 bits per heavy atom. The van der Waals surface area contributed by atoms with Crippen LogP contribution in [0.4, 0.5) is 0 Å². The number of rotatable bonds is 2. The summed E-state index contributed by atoms with van der Waals surface area (Å²) in [7, 11) is -3.53. The molecule has 2 aliphatic heterocycles. The number of piperidine rings is 1. The minimum Gasteiger partial charge on any atom is -0.515 e. The van der Waals surface area contributed by atoms with E-state index in [0.717, 1.165) is 17.6 Å². The summed E-state index contributed by atoms with van der Waals surface area (Å²) >= 11 is 6.91. The summed E-state index contributed by atoms with van der Waals surface area (Å²) in [6.07, 6.45) is 2.05. The van der Waals surface area contributed by atoms with E-state index in [4.69, 9.17) is 11.6 Å². The first-order chi connectivity index (χ1) is 10.4. The van der Waals surface area contributed by atoms with E-state index in [9.17, 15) is 18.3 Å². The third kappa shape index (κ3) is 2.40. The van der Waals surface area contributed by atoms with Crippen LogP contribution in [0.1, 0.15) is 26.2 Å². The maximum atomic E-state index is 12.9. The second-order valence-corrected chi connectivity index (χ2v) is 9.71. The van der Waals surface area contributed by atoms with Gasteiger partial charge in [-0.05, 0) is 31.9 Å². The number of thiophene rings is 1. The molecule has 0 spiro atoms.